The number of rotatable bonds is 6. The summed E-state index contributed by atoms with van der Waals surface area (Å²) in [6.45, 7) is 2.34. The topological polar surface area (TPSA) is 86.5 Å². The fraction of sp³-hybridized carbons (Fsp3) is 0.350. The third kappa shape index (κ3) is 3.79. The lowest BCUT2D eigenvalue weighted by atomic mass is 10.0. The van der Waals surface area contributed by atoms with Gasteiger partial charge in [-0.1, -0.05) is 23.4 Å². The van der Waals surface area contributed by atoms with E-state index in [-0.39, 0.29) is 18.4 Å². The minimum Gasteiger partial charge on any atom is -0.496 e. The van der Waals surface area contributed by atoms with E-state index in [1.54, 1.807) is 25.4 Å². The van der Waals surface area contributed by atoms with Crippen LogP contribution in [0.3, 0.4) is 0 Å². The van der Waals surface area contributed by atoms with Gasteiger partial charge in [0, 0.05) is 23.8 Å². The molecule has 2 aromatic heterocycles. The SMILES string of the molecule is COc1ccccc1[C@@H](NC(=O)C[C@@H]1OCCc2sccc21)c1noc(C)n1. The largest absolute Gasteiger partial charge is 0.496 e. The summed E-state index contributed by atoms with van der Waals surface area (Å²) in [5.74, 6) is 1.31. The van der Waals surface area contributed by atoms with Gasteiger partial charge in [-0.3, -0.25) is 4.79 Å². The Balaban J connectivity index is 1.57. The quantitative estimate of drug-likeness (QED) is 0.684. The first kappa shape index (κ1) is 18.6. The predicted molar refractivity (Wildman–Crippen MR) is 103 cm³/mol. The van der Waals surface area contributed by atoms with Crippen molar-refractivity contribution in [3.8, 4) is 5.75 Å². The Morgan fingerprint density at radius 2 is 2.25 bits per heavy atom. The van der Waals surface area contributed by atoms with Crippen LogP contribution in [-0.2, 0) is 16.0 Å². The molecule has 0 bridgehead atoms. The summed E-state index contributed by atoms with van der Waals surface area (Å²) in [6.07, 6.45) is 0.892. The van der Waals surface area contributed by atoms with E-state index in [4.69, 9.17) is 14.0 Å². The maximum absolute atomic E-state index is 12.9. The third-order valence-corrected chi connectivity index (χ3v) is 5.70. The van der Waals surface area contributed by atoms with E-state index in [1.165, 1.54) is 4.88 Å². The smallest absolute Gasteiger partial charge is 0.223 e. The van der Waals surface area contributed by atoms with Crippen molar-refractivity contribution in [1.82, 2.24) is 15.5 Å². The average molecular weight is 399 g/mol. The molecule has 3 heterocycles. The van der Waals surface area contributed by atoms with Gasteiger partial charge in [-0.2, -0.15) is 4.98 Å². The number of thiophene rings is 1. The number of methoxy groups -OCH3 is 1. The zero-order valence-corrected chi connectivity index (χ0v) is 16.5. The number of aryl methyl sites for hydroxylation is 1. The highest BCUT2D eigenvalue weighted by molar-refractivity contribution is 7.10. The lowest BCUT2D eigenvalue weighted by Gasteiger charge is -2.24. The van der Waals surface area contributed by atoms with Gasteiger partial charge in [0.05, 0.1) is 26.2 Å². The van der Waals surface area contributed by atoms with Gasteiger partial charge in [0.2, 0.25) is 11.8 Å². The maximum Gasteiger partial charge on any atom is 0.223 e. The van der Waals surface area contributed by atoms with Crippen LogP contribution in [0.25, 0.3) is 0 Å². The Hall–Kier alpha value is -2.71. The van der Waals surface area contributed by atoms with E-state index in [2.05, 4.69) is 15.5 Å². The Bertz CT molecular complexity index is 968. The second-order valence-electron chi connectivity index (χ2n) is 6.53. The minimum atomic E-state index is -0.577. The number of ether oxygens (including phenoxy) is 2. The number of fused-ring (bicyclic) bond motifs is 1. The molecule has 0 fully saturated rings. The predicted octanol–water partition coefficient (Wildman–Crippen LogP) is 3.36. The Morgan fingerprint density at radius 3 is 3.04 bits per heavy atom. The number of carbonyl (C=O) groups excluding carboxylic acids is 1. The Morgan fingerprint density at radius 1 is 1.39 bits per heavy atom. The number of nitrogens with zero attached hydrogens (tertiary/aromatic N) is 2. The first-order valence-electron chi connectivity index (χ1n) is 9.06. The Labute approximate surface area is 166 Å². The highest BCUT2D eigenvalue weighted by Gasteiger charge is 2.28. The molecule has 3 aromatic rings. The molecular formula is C20H21N3O4S. The number of amides is 1. The second kappa shape index (κ2) is 8.12. The van der Waals surface area contributed by atoms with Gasteiger partial charge >= 0.3 is 0 Å². The Kier molecular flexibility index (Phi) is 5.40. The van der Waals surface area contributed by atoms with E-state index in [0.29, 0.717) is 24.1 Å². The fourth-order valence-electron chi connectivity index (χ4n) is 3.40. The molecule has 0 radical (unpaired) electrons. The van der Waals surface area contributed by atoms with Crippen LogP contribution in [0.1, 0.15) is 46.3 Å². The normalized spacial score (nSPS) is 17.0. The molecule has 1 amide bonds. The van der Waals surface area contributed by atoms with Crippen LogP contribution in [0, 0.1) is 6.92 Å². The van der Waals surface area contributed by atoms with Gasteiger partial charge in [-0.05, 0) is 23.1 Å². The summed E-state index contributed by atoms with van der Waals surface area (Å²) in [5, 5.41) is 9.08. The molecule has 0 spiro atoms. The minimum absolute atomic E-state index is 0.151. The number of nitrogens with one attached hydrogen (secondary N) is 1. The molecule has 1 N–H and O–H groups in total. The average Bonchev–Trinajstić information content (AvgIpc) is 3.35. The van der Waals surface area contributed by atoms with Crippen molar-refractivity contribution in [2.75, 3.05) is 13.7 Å². The number of carbonyl (C=O) groups is 1. The summed E-state index contributed by atoms with van der Waals surface area (Å²) < 4.78 is 16.4. The van der Waals surface area contributed by atoms with Gasteiger partial charge in [-0.15, -0.1) is 11.3 Å². The summed E-state index contributed by atoms with van der Waals surface area (Å²) in [6, 6.07) is 8.93. The number of hydrogen-bond acceptors (Lipinski definition) is 7. The van der Waals surface area contributed by atoms with Crippen molar-refractivity contribution in [3.05, 3.63) is 63.4 Å². The first-order valence-corrected chi connectivity index (χ1v) is 9.94. The monoisotopic (exact) mass is 399 g/mol. The highest BCUT2D eigenvalue weighted by Crippen LogP contribution is 2.34. The molecule has 7 nitrogen and oxygen atoms in total. The lowest BCUT2D eigenvalue weighted by molar-refractivity contribution is -0.125. The van der Waals surface area contributed by atoms with Gasteiger partial charge in [0.15, 0.2) is 5.82 Å². The molecule has 1 aromatic carbocycles. The third-order valence-electron chi connectivity index (χ3n) is 4.70. The summed E-state index contributed by atoms with van der Waals surface area (Å²) in [5.41, 5.74) is 1.87. The van der Waals surface area contributed by atoms with Crippen molar-refractivity contribution in [3.63, 3.8) is 0 Å². The molecule has 1 aliphatic rings. The van der Waals surface area contributed by atoms with E-state index in [0.717, 1.165) is 17.5 Å². The van der Waals surface area contributed by atoms with E-state index in [1.807, 2.05) is 35.7 Å². The van der Waals surface area contributed by atoms with Gasteiger partial charge < -0.3 is 19.3 Å². The molecular weight excluding hydrogens is 378 g/mol. The molecule has 146 valence electrons. The van der Waals surface area contributed by atoms with Crippen LogP contribution in [0.4, 0.5) is 0 Å². The molecule has 4 rings (SSSR count). The highest BCUT2D eigenvalue weighted by atomic mass is 32.1. The van der Waals surface area contributed by atoms with Crippen LogP contribution in [0.5, 0.6) is 5.75 Å². The molecule has 8 heteroatoms. The summed E-state index contributed by atoms with van der Waals surface area (Å²) in [7, 11) is 1.59. The van der Waals surface area contributed by atoms with Crippen LogP contribution in [-0.4, -0.2) is 29.8 Å². The van der Waals surface area contributed by atoms with E-state index >= 15 is 0 Å². The zero-order chi connectivity index (χ0) is 19.5. The molecule has 28 heavy (non-hydrogen) atoms. The molecule has 0 aliphatic carbocycles. The van der Waals surface area contributed by atoms with E-state index in [9.17, 15) is 4.79 Å². The first-order chi connectivity index (χ1) is 13.7. The molecule has 2 atom stereocenters. The zero-order valence-electron chi connectivity index (χ0n) is 15.7. The maximum atomic E-state index is 12.9. The van der Waals surface area contributed by atoms with Crippen molar-refractivity contribution in [2.45, 2.75) is 31.9 Å². The van der Waals surface area contributed by atoms with Crippen molar-refractivity contribution < 1.29 is 18.8 Å². The standard InChI is InChI=1S/C20H21N3O4S/c1-12-21-20(23-27-12)19(14-5-3-4-6-15(14)25-2)22-18(24)11-16-13-8-10-28-17(13)7-9-26-16/h3-6,8,10,16,19H,7,9,11H2,1-2H3,(H,22,24)/t16-,19+/m0/s1. The van der Waals surface area contributed by atoms with Crippen LogP contribution >= 0.6 is 11.3 Å². The second-order valence-corrected chi connectivity index (χ2v) is 7.53. The lowest BCUT2D eigenvalue weighted by Crippen LogP contribution is -2.32. The van der Waals surface area contributed by atoms with Crippen molar-refractivity contribution in [1.29, 1.82) is 0 Å². The number of hydrogen-bond donors (Lipinski definition) is 1. The van der Waals surface area contributed by atoms with Crippen LogP contribution in [0.2, 0.25) is 0 Å². The van der Waals surface area contributed by atoms with E-state index < -0.39 is 6.04 Å². The molecule has 0 saturated carbocycles. The molecule has 1 aliphatic heterocycles. The summed E-state index contributed by atoms with van der Waals surface area (Å²) >= 11 is 1.71. The van der Waals surface area contributed by atoms with Gasteiger partial charge in [0.25, 0.3) is 0 Å². The van der Waals surface area contributed by atoms with Crippen molar-refractivity contribution in [2.24, 2.45) is 0 Å². The van der Waals surface area contributed by atoms with Gasteiger partial charge in [0.1, 0.15) is 11.8 Å². The summed E-state index contributed by atoms with van der Waals surface area (Å²) in [4.78, 5) is 18.5. The fourth-order valence-corrected chi connectivity index (χ4v) is 4.32. The number of para-hydroxylation sites is 1. The van der Waals surface area contributed by atoms with Crippen LogP contribution in [0.15, 0.2) is 40.2 Å². The van der Waals surface area contributed by atoms with Crippen LogP contribution < -0.4 is 10.1 Å². The number of benzene rings is 1. The number of aromatic nitrogens is 2. The van der Waals surface area contributed by atoms with Gasteiger partial charge in [-0.25, -0.2) is 0 Å². The molecule has 0 saturated heterocycles. The van der Waals surface area contributed by atoms with Crippen molar-refractivity contribution >= 4 is 17.2 Å². The molecule has 0 unspecified atom stereocenters.